The highest BCUT2D eigenvalue weighted by molar-refractivity contribution is 8.00. The van der Waals surface area contributed by atoms with Crippen LogP contribution in [0.2, 0.25) is 0 Å². The Morgan fingerprint density at radius 3 is 2.57 bits per heavy atom. The fourth-order valence-corrected chi connectivity index (χ4v) is 3.66. The molecule has 0 saturated heterocycles. The summed E-state index contributed by atoms with van der Waals surface area (Å²) in [6, 6.07) is 16.2. The Labute approximate surface area is 141 Å². The number of hydrogen-bond donors (Lipinski definition) is 0. The van der Waals surface area contributed by atoms with Gasteiger partial charge in [-0.05, 0) is 37.1 Å². The van der Waals surface area contributed by atoms with Crippen LogP contribution in [0.4, 0.5) is 0 Å². The Kier molecular flexibility index (Phi) is 5.70. The maximum absolute atomic E-state index is 12.6. The molecule has 1 aromatic carbocycles. The lowest BCUT2D eigenvalue weighted by Gasteiger charge is -2.17. The lowest BCUT2D eigenvalue weighted by atomic mass is 9.96. The molecule has 3 nitrogen and oxygen atoms in total. The van der Waals surface area contributed by atoms with E-state index in [0.717, 1.165) is 23.2 Å². The van der Waals surface area contributed by atoms with E-state index in [1.807, 2.05) is 54.7 Å². The molecule has 1 aliphatic carbocycles. The molecular weight excluding hydrogens is 304 g/mol. The van der Waals surface area contributed by atoms with Crippen molar-refractivity contribution in [3.8, 4) is 0 Å². The number of rotatable bonds is 4. The Morgan fingerprint density at radius 2 is 1.78 bits per heavy atom. The molecule has 0 N–H and O–H groups in total. The van der Waals surface area contributed by atoms with Crippen molar-refractivity contribution in [2.75, 3.05) is 5.75 Å². The second kappa shape index (κ2) is 8.16. The van der Waals surface area contributed by atoms with E-state index in [1.165, 1.54) is 19.3 Å². The quantitative estimate of drug-likeness (QED) is 0.791. The molecular formula is C19H22N2OS. The van der Waals surface area contributed by atoms with Gasteiger partial charge in [-0.25, -0.2) is 0 Å². The first kappa shape index (κ1) is 16.1. The molecule has 0 unspecified atom stereocenters. The number of carbonyl (C=O) groups excluding carboxylic acids is 1. The van der Waals surface area contributed by atoms with E-state index in [4.69, 9.17) is 4.99 Å². The SMILES string of the molecule is O=C(CSc1ccccc1)n1ccccc1=NC1CCCCC1. The standard InChI is InChI=1S/C19H22N2OS/c22-19(15-23-17-11-5-2-6-12-17)21-14-8-7-13-18(21)20-16-9-3-1-4-10-16/h2,5-8,11-14,16H,1,3-4,9-10,15H2. The average molecular weight is 326 g/mol. The third kappa shape index (κ3) is 4.58. The van der Waals surface area contributed by atoms with Crippen LogP contribution in [-0.2, 0) is 0 Å². The highest BCUT2D eigenvalue weighted by Crippen LogP contribution is 2.20. The summed E-state index contributed by atoms with van der Waals surface area (Å²) in [6.45, 7) is 0. The summed E-state index contributed by atoms with van der Waals surface area (Å²) >= 11 is 1.57. The van der Waals surface area contributed by atoms with E-state index in [2.05, 4.69) is 0 Å². The summed E-state index contributed by atoms with van der Waals surface area (Å²) in [4.78, 5) is 18.5. The molecule has 120 valence electrons. The number of thioether (sulfide) groups is 1. The minimum Gasteiger partial charge on any atom is -0.273 e. The van der Waals surface area contributed by atoms with Crippen molar-refractivity contribution < 1.29 is 4.79 Å². The smallest absolute Gasteiger partial charge is 0.242 e. The van der Waals surface area contributed by atoms with Gasteiger partial charge in [0.1, 0.15) is 5.49 Å². The predicted molar refractivity (Wildman–Crippen MR) is 94.7 cm³/mol. The van der Waals surface area contributed by atoms with Gasteiger partial charge in [-0.1, -0.05) is 43.5 Å². The minimum absolute atomic E-state index is 0.0778. The van der Waals surface area contributed by atoms with Crippen LogP contribution in [0.3, 0.4) is 0 Å². The zero-order chi connectivity index (χ0) is 15.9. The molecule has 0 spiro atoms. The van der Waals surface area contributed by atoms with Crippen LogP contribution in [-0.4, -0.2) is 22.3 Å². The molecule has 4 heteroatoms. The summed E-state index contributed by atoms with van der Waals surface area (Å²) in [5.41, 5.74) is 0.790. The third-order valence-corrected chi connectivity index (χ3v) is 5.10. The molecule has 1 aromatic heterocycles. The van der Waals surface area contributed by atoms with Gasteiger partial charge < -0.3 is 0 Å². The molecule has 3 rings (SSSR count). The fourth-order valence-electron chi connectivity index (χ4n) is 2.88. The number of pyridine rings is 1. The molecule has 1 fully saturated rings. The van der Waals surface area contributed by atoms with Crippen molar-refractivity contribution in [2.24, 2.45) is 4.99 Å². The Bertz CT molecular complexity index is 703. The van der Waals surface area contributed by atoms with E-state index in [-0.39, 0.29) is 5.91 Å². The molecule has 0 radical (unpaired) electrons. The van der Waals surface area contributed by atoms with Gasteiger partial charge in [0.15, 0.2) is 0 Å². The first-order chi connectivity index (χ1) is 11.3. The van der Waals surface area contributed by atoms with Gasteiger partial charge in [0.25, 0.3) is 0 Å². The van der Waals surface area contributed by atoms with E-state index in [0.29, 0.717) is 11.8 Å². The van der Waals surface area contributed by atoms with Crippen LogP contribution >= 0.6 is 11.8 Å². The van der Waals surface area contributed by atoms with Crippen LogP contribution < -0.4 is 5.49 Å². The summed E-state index contributed by atoms with van der Waals surface area (Å²) < 4.78 is 1.70. The Balaban J connectivity index is 1.74. The third-order valence-electron chi connectivity index (χ3n) is 4.10. The highest BCUT2D eigenvalue weighted by Gasteiger charge is 2.13. The van der Waals surface area contributed by atoms with Crippen LogP contribution in [0.25, 0.3) is 0 Å². The van der Waals surface area contributed by atoms with Crippen LogP contribution in [0.5, 0.6) is 0 Å². The second-order valence-corrected chi connectivity index (χ2v) is 6.89. The van der Waals surface area contributed by atoms with E-state index in [1.54, 1.807) is 16.3 Å². The molecule has 1 aliphatic rings. The number of benzene rings is 1. The largest absolute Gasteiger partial charge is 0.273 e. The first-order valence-electron chi connectivity index (χ1n) is 8.25. The van der Waals surface area contributed by atoms with Gasteiger partial charge in [0.2, 0.25) is 5.91 Å². The first-order valence-corrected chi connectivity index (χ1v) is 9.24. The molecule has 1 saturated carbocycles. The molecule has 0 atom stereocenters. The van der Waals surface area contributed by atoms with Gasteiger partial charge in [0, 0.05) is 11.1 Å². The lowest BCUT2D eigenvalue weighted by Crippen LogP contribution is -2.29. The summed E-state index contributed by atoms with van der Waals surface area (Å²) in [5, 5.41) is 0. The van der Waals surface area contributed by atoms with Gasteiger partial charge in [0.05, 0.1) is 11.8 Å². The van der Waals surface area contributed by atoms with Gasteiger partial charge in [-0.3, -0.25) is 14.4 Å². The van der Waals surface area contributed by atoms with Gasteiger partial charge in [-0.15, -0.1) is 11.8 Å². The normalized spacial score (nSPS) is 16.4. The number of aromatic nitrogens is 1. The lowest BCUT2D eigenvalue weighted by molar-refractivity contribution is 0.0936. The molecule has 2 aromatic rings. The van der Waals surface area contributed by atoms with Crippen molar-refractivity contribution in [2.45, 2.75) is 43.0 Å². The highest BCUT2D eigenvalue weighted by atomic mass is 32.2. The van der Waals surface area contributed by atoms with E-state index in [9.17, 15) is 4.79 Å². The fraction of sp³-hybridized carbons (Fsp3) is 0.368. The second-order valence-electron chi connectivity index (χ2n) is 5.85. The monoisotopic (exact) mass is 326 g/mol. The van der Waals surface area contributed by atoms with Crippen molar-refractivity contribution in [3.63, 3.8) is 0 Å². The Hall–Kier alpha value is -1.81. The topological polar surface area (TPSA) is 34.4 Å². The molecule has 0 bridgehead atoms. The average Bonchev–Trinajstić information content (AvgIpc) is 2.62. The van der Waals surface area contributed by atoms with Gasteiger partial charge in [-0.2, -0.15) is 0 Å². The van der Waals surface area contributed by atoms with Crippen molar-refractivity contribution in [1.29, 1.82) is 0 Å². The number of hydrogen-bond acceptors (Lipinski definition) is 3. The van der Waals surface area contributed by atoms with Crippen molar-refractivity contribution in [3.05, 3.63) is 60.2 Å². The molecule has 23 heavy (non-hydrogen) atoms. The molecule has 0 aliphatic heterocycles. The zero-order valence-corrected chi connectivity index (χ0v) is 14.0. The van der Waals surface area contributed by atoms with Crippen molar-refractivity contribution in [1.82, 2.24) is 4.57 Å². The Morgan fingerprint density at radius 1 is 1.04 bits per heavy atom. The van der Waals surface area contributed by atoms with Crippen molar-refractivity contribution >= 4 is 17.7 Å². The predicted octanol–water partition coefficient (Wildman–Crippen LogP) is 4.15. The zero-order valence-electron chi connectivity index (χ0n) is 13.2. The van der Waals surface area contributed by atoms with E-state index >= 15 is 0 Å². The van der Waals surface area contributed by atoms with Crippen LogP contribution in [0.15, 0.2) is 64.6 Å². The summed E-state index contributed by atoms with van der Waals surface area (Å²) in [5.74, 6) is 0.500. The van der Waals surface area contributed by atoms with Crippen LogP contribution in [0.1, 0.15) is 36.9 Å². The maximum Gasteiger partial charge on any atom is 0.242 e. The molecule has 1 heterocycles. The summed E-state index contributed by atoms with van der Waals surface area (Å²) in [6.07, 6.45) is 7.92. The van der Waals surface area contributed by atoms with E-state index < -0.39 is 0 Å². The number of nitrogens with zero attached hydrogens (tertiary/aromatic N) is 2. The maximum atomic E-state index is 12.6. The number of carbonyl (C=O) groups is 1. The van der Waals surface area contributed by atoms with Gasteiger partial charge >= 0.3 is 0 Å². The van der Waals surface area contributed by atoms with Crippen LogP contribution in [0, 0.1) is 0 Å². The minimum atomic E-state index is 0.0778. The summed E-state index contributed by atoms with van der Waals surface area (Å²) in [7, 11) is 0. The molecule has 0 amide bonds.